The Morgan fingerprint density at radius 1 is 1.52 bits per heavy atom. The number of nitro groups is 1. The maximum absolute atomic E-state index is 11.8. The first-order valence-corrected chi connectivity index (χ1v) is 7.74. The van der Waals surface area contributed by atoms with Crippen LogP contribution in [0.4, 0.5) is 11.4 Å². The minimum Gasteiger partial charge on any atom is -0.379 e. The lowest BCUT2D eigenvalue weighted by Gasteiger charge is -2.09. The fourth-order valence-corrected chi connectivity index (χ4v) is 2.24. The smallest absolute Gasteiger partial charge is 0.292 e. The van der Waals surface area contributed by atoms with Crippen LogP contribution < -0.4 is 10.6 Å². The highest BCUT2D eigenvalue weighted by Gasteiger charge is 2.16. The van der Waals surface area contributed by atoms with E-state index in [0.29, 0.717) is 24.3 Å². The molecular weight excluding hydrogens is 290 g/mol. The molecule has 114 valence electrons. The molecule has 0 aliphatic heterocycles. The molecule has 1 aromatic carbocycles. The topological polar surface area (TPSA) is 84.3 Å². The number of hydrogen-bond acceptors (Lipinski definition) is 5. The van der Waals surface area contributed by atoms with Crippen LogP contribution in [0.3, 0.4) is 0 Å². The van der Waals surface area contributed by atoms with Crippen LogP contribution in [0.2, 0.25) is 0 Å². The summed E-state index contributed by atoms with van der Waals surface area (Å²) < 4.78 is 0. The highest BCUT2D eigenvalue weighted by molar-refractivity contribution is 7.99. The summed E-state index contributed by atoms with van der Waals surface area (Å²) in [5.74, 6) is 1.40. The Hall–Kier alpha value is -2.02. The highest BCUT2D eigenvalue weighted by atomic mass is 32.2. The van der Waals surface area contributed by atoms with E-state index >= 15 is 0 Å². The fourth-order valence-electron chi connectivity index (χ4n) is 1.67. The molecule has 0 bridgehead atoms. The fraction of sp³-hybridized carbons (Fsp3) is 0.357. The number of benzene rings is 1. The molecule has 2 N–H and O–H groups in total. The number of nitrogens with one attached hydrogen (secondary N) is 2. The minimum atomic E-state index is -0.458. The van der Waals surface area contributed by atoms with E-state index in [-0.39, 0.29) is 11.6 Å². The molecule has 0 heterocycles. The molecule has 0 aliphatic rings. The normalized spacial score (nSPS) is 9.95. The van der Waals surface area contributed by atoms with E-state index in [1.54, 1.807) is 11.8 Å². The van der Waals surface area contributed by atoms with Crippen LogP contribution in [0.15, 0.2) is 30.9 Å². The van der Waals surface area contributed by atoms with Crippen molar-refractivity contribution in [3.8, 4) is 0 Å². The van der Waals surface area contributed by atoms with Crippen molar-refractivity contribution >= 4 is 29.0 Å². The average Bonchev–Trinajstić information content (AvgIpc) is 2.47. The van der Waals surface area contributed by atoms with Gasteiger partial charge in [-0.2, -0.15) is 11.8 Å². The second-order valence-corrected chi connectivity index (χ2v) is 5.29. The van der Waals surface area contributed by atoms with Gasteiger partial charge in [-0.3, -0.25) is 14.9 Å². The van der Waals surface area contributed by atoms with Crippen molar-refractivity contribution in [1.82, 2.24) is 5.32 Å². The van der Waals surface area contributed by atoms with Gasteiger partial charge in [-0.05, 0) is 19.1 Å². The molecular formula is C14H19N3O3S. The predicted molar refractivity (Wildman–Crippen MR) is 87.1 cm³/mol. The van der Waals surface area contributed by atoms with Crippen molar-refractivity contribution in [1.29, 1.82) is 0 Å². The summed E-state index contributed by atoms with van der Waals surface area (Å²) in [6, 6.07) is 4.33. The van der Waals surface area contributed by atoms with Gasteiger partial charge in [0.05, 0.1) is 4.92 Å². The largest absolute Gasteiger partial charge is 0.379 e. The first-order chi connectivity index (χ1) is 10.1. The number of nitro benzene ring substituents is 1. The van der Waals surface area contributed by atoms with Crippen LogP contribution >= 0.6 is 11.8 Å². The molecule has 0 unspecified atom stereocenters. The second-order valence-electron chi connectivity index (χ2n) is 4.14. The molecule has 0 atom stereocenters. The van der Waals surface area contributed by atoms with Gasteiger partial charge in [-0.1, -0.05) is 6.08 Å². The van der Waals surface area contributed by atoms with Crippen LogP contribution in [0, 0.1) is 10.1 Å². The highest BCUT2D eigenvalue weighted by Crippen LogP contribution is 2.25. The van der Waals surface area contributed by atoms with E-state index in [1.165, 1.54) is 18.2 Å². The monoisotopic (exact) mass is 309 g/mol. The second kappa shape index (κ2) is 9.02. The molecule has 6 nitrogen and oxygen atoms in total. The molecule has 0 saturated heterocycles. The number of amides is 1. The average molecular weight is 309 g/mol. The summed E-state index contributed by atoms with van der Waals surface area (Å²) in [6.45, 7) is 6.54. The molecule has 21 heavy (non-hydrogen) atoms. The van der Waals surface area contributed by atoms with Crippen LogP contribution in [-0.2, 0) is 0 Å². The molecule has 1 amide bonds. The third-order valence-electron chi connectivity index (χ3n) is 2.59. The van der Waals surface area contributed by atoms with E-state index in [4.69, 9.17) is 0 Å². The Balaban J connectivity index is 2.81. The zero-order valence-electron chi connectivity index (χ0n) is 11.9. The Morgan fingerprint density at radius 3 is 2.90 bits per heavy atom. The van der Waals surface area contributed by atoms with Crippen molar-refractivity contribution in [3.05, 3.63) is 46.5 Å². The van der Waals surface area contributed by atoms with Crippen LogP contribution in [0.1, 0.15) is 17.3 Å². The molecule has 0 fully saturated rings. The number of hydrogen-bond donors (Lipinski definition) is 2. The lowest BCUT2D eigenvalue weighted by molar-refractivity contribution is -0.384. The Bertz CT molecular complexity index is 520. The Labute approximate surface area is 128 Å². The van der Waals surface area contributed by atoms with Crippen LogP contribution in [-0.4, -0.2) is 35.4 Å². The summed E-state index contributed by atoms with van der Waals surface area (Å²) in [4.78, 5) is 22.3. The zero-order chi connectivity index (χ0) is 15.7. The van der Waals surface area contributed by atoms with E-state index in [1.807, 2.05) is 13.0 Å². The number of thioether (sulfide) groups is 1. The molecule has 7 heteroatoms. The van der Waals surface area contributed by atoms with Gasteiger partial charge in [0.15, 0.2) is 0 Å². The van der Waals surface area contributed by atoms with Crippen molar-refractivity contribution in [2.24, 2.45) is 0 Å². The van der Waals surface area contributed by atoms with Crippen molar-refractivity contribution in [3.63, 3.8) is 0 Å². The van der Waals surface area contributed by atoms with Crippen LogP contribution in [0.25, 0.3) is 0 Å². The van der Waals surface area contributed by atoms with Gasteiger partial charge < -0.3 is 10.6 Å². The van der Waals surface area contributed by atoms with Gasteiger partial charge in [0.1, 0.15) is 5.69 Å². The van der Waals surface area contributed by atoms with Gasteiger partial charge in [0.2, 0.25) is 0 Å². The number of carbonyl (C=O) groups is 1. The number of rotatable bonds is 9. The summed E-state index contributed by atoms with van der Waals surface area (Å²) in [5.41, 5.74) is 0.739. The summed E-state index contributed by atoms with van der Waals surface area (Å²) in [6.07, 6.45) is 1.81. The summed E-state index contributed by atoms with van der Waals surface area (Å²) in [5, 5.41) is 16.7. The molecule has 1 aromatic rings. The molecule has 0 spiro atoms. The van der Waals surface area contributed by atoms with Crippen molar-refractivity contribution in [2.45, 2.75) is 6.92 Å². The lowest BCUT2D eigenvalue weighted by atomic mass is 10.1. The first kappa shape index (κ1) is 17.0. The van der Waals surface area contributed by atoms with Gasteiger partial charge in [-0.25, -0.2) is 0 Å². The molecule has 1 rings (SSSR count). The number of carbonyl (C=O) groups excluding carboxylic acids is 1. The number of nitrogens with zero attached hydrogens (tertiary/aromatic N) is 1. The first-order valence-electron chi connectivity index (χ1n) is 6.59. The van der Waals surface area contributed by atoms with Crippen molar-refractivity contribution in [2.75, 3.05) is 29.9 Å². The van der Waals surface area contributed by atoms with Gasteiger partial charge >= 0.3 is 0 Å². The van der Waals surface area contributed by atoms with E-state index in [0.717, 1.165) is 11.5 Å². The molecule has 0 saturated carbocycles. The predicted octanol–water partition coefficient (Wildman–Crippen LogP) is 2.68. The third-order valence-corrected chi connectivity index (χ3v) is 3.55. The Kier molecular flexibility index (Phi) is 7.31. The summed E-state index contributed by atoms with van der Waals surface area (Å²) >= 11 is 1.68. The van der Waals surface area contributed by atoms with Gasteiger partial charge in [-0.15, -0.1) is 6.58 Å². The SMILES string of the molecule is C=CCSCCNc1cc(C(=O)NCC)ccc1[N+](=O)[O-]. The van der Waals surface area contributed by atoms with Crippen molar-refractivity contribution < 1.29 is 9.72 Å². The maximum atomic E-state index is 11.8. The summed E-state index contributed by atoms with van der Waals surface area (Å²) in [7, 11) is 0. The minimum absolute atomic E-state index is 0.0308. The Morgan fingerprint density at radius 2 is 2.29 bits per heavy atom. The molecule has 0 aliphatic carbocycles. The lowest BCUT2D eigenvalue weighted by Crippen LogP contribution is -2.22. The molecule has 0 aromatic heterocycles. The van der Waals surface area contributed by atoms with Crippen LogP contribution in [0.5, 0.6) is 0 Å². The number of anilines is 1. The molecule has 0 radical (unpaired) electrons. The maximum Gasteiger partial charge on any atom is 0.292 e. The standard InChI is InChI=1S/C14H19N3O3S/c1-3-8-21-9-7-16-12-10-11(14(18)15-4-2)5-6-13(12)17(19)20/h3,5-6,10,16H,1,4,7-9H2,2H3,(H,15,18). The van der Waals surface area contributed by atoms with Gasteiger partial charge in [0.25, 0.3) is 11.6 Å². The van der Waals surface area contributed by atoms with E-state index in [2.05, 4.69) is 17.2 Å². The quantitative estimate of drug-likeness (QED) is 0.317. The van der Waals surface area contributed by atoms with E-state index < -0.39 is 4.92 Å². The van der Waals surface area contributed by atoms with E-state index in [9.17, 15) is 14.9 Å². The zero-order valence-corrected chi connectivity index (χ0v) is 12.7. The third kappa shape index (κ3) is 5.47. The van der Waals surface area contributed by atoms with Gasteiger partial charge in [0, 0.05) is 36.2 Å².